The van der Waals surface area contributed by atoms with Crippen molar-refractivity contribution in [2.24, 2.45) is 0 Å². The Labute approximate surface area is 165 Å². The van der Waals surface area contributed by atoms with Crippen LogP contribution in [-0.2, 0) is 11.2 Å². The molecule has 28 heavy (non-hydrogen) atoms. The molecule has 1 aromatic heterocycles. The molecule has 0 radical (unpaired) electrons. The summed E-state index contributed by atoms with van der Waals surface area (Å²) >= 11 is 0. The zero-order valence-corrected chi connectivity index (χ0v) is 16.5. The number of rotatable bonds is 12. The number of nitrogens with zero attached hydrogens (tertiary/aromatic N) is 2. The minimum atomic E-state index is -1.84. The maximum Gasteiger partial charge on any atom is 0.165 e. The SMILES string of the molecule is CCCCCCc1ccnc(-c2ccc(OC[C@@H](F)[C@H](F)CC(C)=O)cc2)n1. The maximum atomic E-state index is 13.7. The van der Waals surface area contributed by atoms with Gasteiger partial charge in [-0.25, -0.2) is 18.7 Å². The van der Waals surface area contributed by atoms with Gasteiger partial charge < -0.3 is 4.74 Å². The van der Waals surface area contributed by atoms with Gasteiger partial charge in [-0.1, -0.05) is 26.2 Å². The molecule has 0 aliphatic carbocycles. The molecule has 1 aromatic carbocycles. The molecule has 6 heteroatoms. The van der Waals surface area contributed by atoms with Crippen molar-refractivity contribution in [2.75, 3.05) is 6.61 Å². The number of aromatic nitrogens is 2. The second-order valence-corrected chi connectivity index (χ2v) is 6.96. The van der Waals surface area contributed by atoms with Crippen molar-refractivity contribution in [3.8, 4) is 17.1 Å². The third kappa shape index (κ3) is 7.33. The summed E-state index contributed by atoms with van der Waals surface area (Å²) in [5.74, 6) is 0.678. The van der Waals surface area contributed by atoms with Crippen molar-refractivity contribution in [3.05, 3.63) is 42.2 Å². The summed E-state index contributed by atoms with van der Waals surface area (Å²) in [4.78, 5) is 19.8. The topological polar surface area (TPSA) is 52.1 Å². The molecule has 0 spiro atoms. The first kappa shape index (κ1) is 21.9. The Morgan fingerprint density at radius 3 is 2.50 bits per heavy atom. The van der Waals surface area contributed by atoms with Gasteiger partial charge in [0.2, 0.25) is 0 Å². The average Bonchev–Trinajstić information content (AvgIpc) is 2.69. The van der Waals surface area contributed by atoms with Crippen molar-refractivity contribution in [1.29, 1.82) is 0 Å². The van der Waals surface area contributed by atoms with Gasteiger partial charge in [-0.05, 0) is 50.1 Å². The highest BCUT2D eigenvalue weighted by Gasteiger charge is 2.22. The number of aryl methyl sites for hydroxylation is 1. The van der Waals surface area contributed by atoms with Crippen LogP contribution < -0.4 is 4.74 Å². The van der Waals surface area contributed by atoms with Gasteiger partial charge in [0.05, 0.1) is 0 Å². The van der Waals surface area contributed by atoms with Gasteiger partial charge in [-0.15, -0.1) is 0 Å². The van der Waals surface area contributed by atoms with E-state index in [1.54, 1.807) is 30.5 Å². The lowest BCUT2D eigenvalue weighted by atomic mass is 10.1. The molecule has 0 N–H and O–H groups in total. The number of hydrogen-bond donors (Lipinski definition) is 0. The number of benzene rings is 1. The first-order valence-electron chi connectivity index (χ1n) is 9.82. The molecule has 2 rings (SSSR count). The minimum absolute atomic E-state index is 0.382. The number of ketones is 1. The van der Waals surface area contributed by atoms with E-state index in [1.165, 1.54) is 26.2 Å². The minimum Gasteiger partial charge on any atom is -0.490 e. The van der Waals surface area contributed by atoms with Crippen molar-refractivity contribution in [3.63, 3.8) is 0 Å². The molecule has 0 aliphatic heterocycles. The summed E-state index contributed by atoms with van der Waals surface area (Å²) in [5.41, 5.74) is 1.85. The summed E-state index contributed by atoms with van der Waals surface area (Å²) in [5, 5.41) is 0. The van der Waals surface area contributed by atoms with Crippen LogP contribution in [-0.4, -0.2) is 34.7 Å². The molecular weight excluding hydrogens is 362 g/mol. The largest absolute Gasteiger partial charge is 0.490 e. The van der Waals surface area contributed by atoms with Gasteiger partial charge >= 0.3 is 0 Å². The van der Waals surface area contributed by atoms with Crippen LogP contribution in [0.1, 0.15) is 51.6 Å². The number of unbranched alkanes of at least 4 members (excludes halogenated alkanes) is 3. The Morgan fingerprint density at radius 1 is 1.07 bits per heavy atom. The predicted octanol–water partition coefficient (Wildman–Crippen LogP) is 5.30. The van der Waals surface area contributed by atoms with E-state index < -0.39 is 25.4 Å². The molecule has 4 nitrogen and oxygen atoms in total. The summed E-state index contributed by atoms with van der Waals surface area (Å²) in [6.45, 7) is 2.99. The fraction of sp³-hybridized carbons (Fsp3) is 0.500. The highest BCUT2D eigenvalue weighted by Crippen LogP contribution is 2.21. The van der Waals surface area contributed by atoms with Gasteiger partial charge in [0.1, 0.15) is 24.3 Å². The fourth-order valence-corrected chi connectivity index (χ4v) is 2.79. The zero-order valence-electron chi connectivity index (χ0n) is 16.5. The molecule has 0 saturated heterocycles. The second-order valence-electron chi connectivity index (χ2n) is 6.96. The second kappa shape index (κ2) is 11.5. The molecule has 0 fully saturated rings. The summed E-state index contributed by atoms with van der Waals surface area (Å²) in [6.07, 6.45) is 3.32. The summed E-state index contributed by atoms with van der Waals surface area (Å²) in [6, 6.07) is 8.88. The Morgan fingerprint density at radius 2 is 1.82 bits per heavy atom. The zero-order chi connectivity index (χ0) is 20.4. The number of ether oxygens (including phenoxy) is 1. The lowest BCUT2D eigenvalue weighted by molar-refractivity contribution is -0.118. The highest BCUT2D eigenvalue weighted by molar-refractivity contribution is 5.76. The molecule has 2 atom stereocenters. The molecule has 0 bridgehead atoms. The van der Waals surface area contributed by atoms with Crippen LogP contribution in [0.15, 0.2) is 36.5 Å². The lowest BCUT2D eigenvalue weighted by Gasteiger charge is -2.13. The van der Waals surface area contributed by atoms with Crippen LogP contribution in [0, 0.1) is 0 Å². The smallest absolute Gasteiger partial charge is 0.165 e. The van der Waals surface area contributed by atoms with E-state index in [4.69, 9.17) is 4.74 Å². The third-order valence-corrected chi connectivity index (χ3v) is 4.40. The number of Topliss-reactive ketones (excluding diaryl/α,β-unsaturated/α-hetero) is 1. The number of hydrogen-bond acceptors (Lipinski definition) is 4. The quantitative estimate of drug-likeness (QED) is 0.462. The summed E-state index contributed by atoms with van der Waals surface area (Å²) in [7, 11) is 0. The van der Waals surface area contributed by atoms with Crippen molar-refractivity contribution < 1.29 is 18.3 Å². The van der Waals surface area contributed by atoms with E-state index in [2.05, 4.69) is 16.9 Å². The van der Waals surface area contributed by atoms with E-state index in [0.717, 1.165) is 24.1 Å². The third-order valence-electron chi connectivity index (χ3n) is 4.40. The van der Waals surface area contributed by atoms with E-state index in [1.807, 2.05) is 6.07 Å². The number of carbonyl (C=O) groups excluding carboxylic acids is 1. The van der Waals surface area contributed by atoms with Crippen LogP contribution >= 0.6 is 0 Å². The highest BCUT2D eigenvalue weighted by atomic mass is 19.2. The monoisotopic (exact) mass is 390 g/mol. The van der Waals surface area contributed by atoms with Crippen LogP contribution in [0.3, 0.4) is 0 Å². The first-order chi connectivity index (χ1) is 13.5. The fourth-order valence-electron chi connectivity index (χ4n) is 2.79. The Hall–Kier alpha value is -2.37. The van der Waals surface area contributed by atoms with Gasteiger partial charge in [0.25, 0.3) is 0 Å². The lowest BCUT2D eigenvalue weighted by Crippen LogP contribution is -2.26. The Balaban J connectivity index is 1.90. The van der Waals surface area contributed by atoms with E-state index in [0.29, 0.717) is 11.6 Å². The Kier molecular flexibility index (Phi) is 8.98. The van der Waals surface area contributed by atoms with Crippen molar-refractivity contribution >= 4 is 5.78 Å². The molecule has 0 amide bonds. The van der Waals surface area contributed by atoms with Crippen LogP contribution in [0.4, 0.5) is 8.78 Å². The molecule has 0 aliphatic rings. The van der Waals surface area contributed by atoms with Gasteiger partial charge in [-0.3, -0.25) is 4.79 Å². The summed E-state index contributed by atoms with van der Waals surface area (Å²) < 4.78 is 32.5. The normalized spacial score (nSPS) is 13.1. The molecule has 0 unspecified atom stereocenters. The van der Waals surface area contributed by atoms with Crippen LogP contribution in [0.2, 0.25) is 0 Å². The van der Waals surface area contributed by atoms with Crippen molar-refractivity contribution in [2.45, 2.75) is 64.7 Å². The van der Waals surface area contributed by atoms with Crippen LogP contribution in [0.5, 0.6) is 5.75 Å². The number of alkyl halides is 2. The number of halogens is 2. The molecular formula is C22H28F2N2O2. The molecule has 152 valence electrons. The maximum absolute atomic E-state index is 13.7. The molecule has 0 saturated carbocycles. The average molecular weight is 390 g/mol. The molecule has 1 heterocycles. The van der Waals surface area contributed by atoms with Crippen molar-refractivity contribution in [1.82, 2.24) is 9.97 Å². The van der Waals surface area contributed by atoms with E-state index in [-0.39, 0.29) is 5.78 Å². The Bertz CT molecular complexity index is 738. The van der Waals surface area contributed by atoms with Crippen LogP contribution in [0.25, 0.3) is 11.4 Å². The predicted molar refractivity (Wildman–Crippen MR) is 106 cm³/mol. The van der Waals surface area contributed by atoms with E-state index >= 15 is 0 Å². The molecule has 2 aromatic rings. The number of carbonyl (C=O) groups is 1. The van der Waals surface area contributed by atoms with Gasteiger partial charge in [0.15, 0.2) is 12.0 Å². The van der Waals surface area contributed by atoms with Gasteiger partial charge in [0, 0.05) is 23.9 Å². The van der Waals surface area contributed by atoms with E-state index in [9.17, 15) is 13.6 Å². The standard InChI is InChI=1S/C22H28F2N2O2/c1-3-4-5-6-7-18-12-13-25-22(26-18)17-8-10-19(11-9-17)28-15-21(24)20(23)14-16(2)27/h8-13,20-21H,3-7,14-15H2,1-2H3/t20-,21-/m1/s1. The van der Waals surface area contributed by atoms with Gasteiger partial charge in [-0.2, -0.15) is 0 Å². The first-order valence-corrected chi connectivity index (χ1v) is 9.82.